The molecule has 0 unspecified atom stereocenters. The average molecular weight is 404 g/mol. The van der Waals surface area contributed by atoms with E-state index in [1.807, 2.05) is 0 Å². The summed E-state index contributed by atoms with van der Waals surface area (Å²) in [5.41, 5.74) is 5.81. The summed E-state index contributed by atoms with van der Waals surface area (Å²) in [5, 5.41) is 0.383. The SMILES string of the molecule is Cl.NC1CCC(NS(=O)(=O)c2cccc(Cl)c2Br)CC1. The Bertz CT molecular complexity index is 561. The van der Waals surface area contributed by atoms with Crippen LogP contribution in [0.3, 0.4) is 0 Å². The predicted octanol–water partition coefficient (Wildman–Crippen LogP) is 3.07. The van der Waals surface area contributed by atoms with Crippen LogP contribution < -0.4 is 10.5 Å². The van der Waals surface area contributed by atoms with Gasteiger partial charge in [-0.3, -0.25) is 0 Å². The van der Waals surface area contributed by atoms with Crippen molar-refractivity contribution in [3.8, 4) is 0 Å². The van der Waals surface area contributed by atoms with Crippen molar-refractivity contribution in [1.82, 2.24) is 4.72 Å². The molecule has 4 nitrogen and oxygen atoms in total. The average Bonchev–Trinajstić information content (AvgIpc) is 2.35. The molecule has 0 aliphatic heterocycles. The standard InChI is InChI=1S/C12H16BrClN2O2S.ClH/c13-12-10(14)2-1-3-11(12)19(17,18)16-9-6-4-8(15)5-7-9;/h1-3,8-9,16H,4-7,15H2;1H. The Hall–Kier alpha value is 0.150. The molecule has 8 heteroatoms. The van der Waals surface area contributed by atoms with Gasteiger partial charge in [-0.1, -0.05) is 17.7 Å². The van der Waals surface area contributed by atoms with E-state index in [4.69, 9.17) is 17.3 Å². The molecule has 3 N–H and O–H groups in total. The molecule has 0 bridgehead atoms. The summed E-state index contributed by atoms with van der Waals surface area (Å²) in [5.74, 6) is 0. The summed E-state index contributed by atoms with van der Waals surface area (Å²) in [6, 6.07) is 4.95. The maximum absolute atomic E-state index is 12.3. The lowest BCUT2D eigenvalue weighted by Gasteiger charge is -2.26. The molecule has 1 saturated carbocycles. The summed E-state index contributed by atoms with van der Waals surface area (Å²) in [7, 11) is -3.55. The maximum Gasteiger partial charge on any atom is 0.241 e. The summed E-state index contributed by atoms with van der Waals surface area (Å²) >= 11 is 9.15. The number of benzene rings is 1. The zero-order valence-corrected chi connectivity index (χ0v) is 14.7. The molecule has 114 valence electrons. The summed E-state index contributed by atoms with van der Waals surface area (Å²) in [6.45, 7) is 0. The van der Waals surface area contributed by atoms with Gasteiger partial charge < -0.3 is 5.73 Å². The minimum absolute atomic E-state index is 0. The van der Waals surface area contributed by atoms with Crippen molar-refractivity contribution in [1.29, 1.82) is 0 Å². The predicted molar refractivity (Wildman–Crippen MR) is 87.0 cm³/mol. The van der Waals surface area contributed by atoms with Crippen LogP contribution in [0, 0.1) is 0 Å². The van der Waals surface area contributed by atoms with Crippen molar-refractivity contribution >= 4 is 50.0 Å². The molecule has 0 radical (unpaired) electrons. The van der Waals surface area contributed by atoms with Crippen molar-refractivity contribution in [2.24, 2.45) is 5.73 Å². The first-order valence-corrected chi connectivity index (χ1v) is 8.77. The van der Waals surface area contributed by atoms with Crippen molar-refractivity contribution < 1.29 is 8.42 Å². The second kappa shape index (κ2) is 7.42. The summed E-state index contributed by atoms with van der Waals surface area (Å²) < 4.78 is 27.8. The Kier molecular flexibility index (Phi) is 6.76. The summed E-state index contributed by atoms with van der Waals surface area (Å²) in [6.07, 6.45) is 3.25. The monoisotopic (exact) mass is 402 g/mol. The van der Waals surface area contributed by atoms with Gasteiger partial charge in [0, 0.05) is 12.1 Å². The van der Waals surface area contributed by atoms with Gasteiger partial charge in [-0.2, -0.15) is 0 Å². The third kappa shape index (κ3) is 4.32. The fourth-order valence-electron chi connectivity index (χ4n) is 2.21. The smallest absolute Gasteiger partial charge is 0.241 e. The van der Waals surface area contributed by atoms with Gasteiger partial charge in [0.05, 0.1) is 14.4 Å². The zero-order chi connectivity index (χ0) is 14.0. The van der Waals surface area contributed by atoms with E-state index < -0.39 is 10.0 Å². The minimum atomic E-state index is -3.55. The molecule has 20 heavy (non-hydrogen) atoms. The maximum atomic E-state index is 12.3. The molecule has 1 aromatic rings. The first-order chi connectivity index (χ1) is 8.90. The number of halogens is 3. The van der Waals surface area contributed by atoms with Crippen molar-refractivity contribution in [2.45, 2.75) is 42.7 Å². The fraction of sp³-hybridized carbons (Fsp3) is 0.500. The first-order valence-electron chi connectivity index (χ1n) is 6.12. The zero-order valence-electron chi connectivity index (χ0n) is 10.7. The lowest BCUT2D eigenvalue weighted by molar-refractivity contribution is 0.373. The van der Waals surface area contributed by atoms with Crippen LogP contribution in [0.25, 0.3) is 0 Å². The van der Waals surface area contributed by atoms with Crippen LogP contribution in [0.1, 0.15) is 25.7 Å². The molecular formula is C12H17BrCl2N2O2S. The van der Waals surface area contributed by atoms with Crippen molar-refractivity contribution in [3.05, 3.63) is 27.7 Å². The van der Waals surface area contributed by atoms with Gasteiger partial charge in [-0.25, -0.2) is 13.1 Å². The van der Waals surface area contributed by atoms with Crippen LogP contribution in [0.5, 0.6) is 0 Å². The largest absolute Gasteiger partial charge is 0.328 e. The molecule has 2 rings (SSSR count). The second-order valence-corrected chi connectivity index (χ2v) is 7.67. The topological polar surface area (TPSA) is 72.2 Å². The van der Waals surface area contributed by atoms with Crippen LogP contribution >= 0.6 is 39.9 Å². The first kappa shape index (κ1) is 18.2. The van der Waals surface area contributed by atoms with E-state index in [9.17, 15) is 8.42 Å². The Morgan fingerprint density at radius 3 is 2.45 bits per heavy atom. The Balaban J connectivity index is 0.00000200. The second-order valence-electron chi connectivity index (χ2n) is 4.78. The Morgan fingerprint density at radius 2 is 1.85 bits per heavy atom. The van der Waals surface area contributed by atoms with E-state index in [2.05, 4.69) is 20.7 Å². The number of nitrogens with two attached hydrogens (primary N) is 1. The third-order valence-corrected chi connectivity index (χ3v) is 6.52. The van der Waals surface area contributed by atoms with Crippen LogP contribution in [0.4, 0.5) is 0 Å². The lowest BCUT2D eigenvalue weighted by Crippen LogP contribution is -2.40. The Labute approximate surface area is 139 Å². The third-order valence-electron chi connectivity index (χ3n) is 3.30. The van der Waals surface area contributed by atoms with Gasteiger partial charge in [0.15, 0.2) is 0 Å². The lowest BCUT2D eigenvalue weighted by atomic mass is 9.93. The number of hydrogen-bond donors (Lipinski definition) is 2. The van der Waals surface area contributed by atoms with Crippen LogP contribution in [0.15, 0.2) is 27.6 Å². The quantitative estimate of drug-likeness (QED) is 0.814. The van der Waals surface area contributed by atoms with E-state index in [0.717, 1.165) is 25.7 Å². The van der Waals surface area contributed by atoms with E-state index >= 15 is 0 Å². The van der Waals surface area contributed by atoms with Crippen LogP contribution in [0.2, 0.25) is 5.02 Å². The molecule has 0 aromatic heterocycles. The normalized spacial score (nSPS) is 23.1. The molecular weight excluding hydrogens is 387 g/mol. The van der Waals surface area contributed by atoms with Crippen LogP contribution in [-0.4, -0.2) is 20.5 Å². The van der Waals surface area contributed by atoms with Gasteiger partial charge >= 0.3 is 0 Å². The number of nitrogens with one attached hydrogen (secondary N) is 1. The highest BCUT2D eigenvalue weighted by Gasteiger charge is 2.26. The van der Waals surface area contributed by atoms with Gasteiger partial charge in [-0.05, 0) is 53.7 Å². The molecule has 1 aliphatic carbocycles. The Morgan fingerprint density at radius 1 is 1.25 bits per heavy atom. The molecule has 1 aliphatic rings. The number of rotatable bonds is 3. The fourth-order valence-corrected chi connectivity index (χ4v) is 4.75. The van der Waals surface area contributed by atoms with Crippen LogP contribution in [-0.2, 0) is 10.0 Å². The van der Waals surface area contributed by atoms with E-state index in [0.29, 0.717) is 9.50 Å². The summed E-state index contributed by atoms with van der Waals surface area (Å²) in [4.78, 5) is 0.176. The number of hydrogen-bond acceptors (Lipinski definition) is 3. The molecule has 1 fully saturated rings. The molecule has 1 aromatic carbocycles. The van der Waals surface area contributed by atoms with Gasteiger partial charge in [-0.15, -0.1) is 12.4 Å². The molecule has 0 saturated heterocycles. The highest BCUT2D eigenvalue weighted by molar-refractivity contribution is 9.10. The highest BCUT2D eigenvalue weighted by atomic mass is 79.9. The van der Waals surface area contributed by atoms with E-state index in [1.54, 1.807) is 12.1 Å². The van der Waals surface area contributed by atoms with E-state index in [1.165, 1.54) is 6.07 Å². The van der Waals surface area contributed by atoms with Crippen molar-refractivity contribution in [2.75, 3.05) is 0 Å². The molecule has 0 heterocycles. The molecule has 0 amide bonds. The highest BCUT2D eigenvalue weighted by Crippen LogP contribution is 2.30. The van der Waals surface area contributed by atoms with E-state index in [-0.39, 0.29) is 29.4 Å². The van der Waals surface area contributed by atoms with Gasteiger partial charge in [0.2, 0.25) is 10.0 Å². The van der Waals surface area contributed by atoms with Crippen molar-refractivity contribution in [3.63, 3.8) is 0 Å². The number of sulfonamides is 1. The minimum Gasteiger partial charge on any atom is -0.328 e. The molecule has 0 atom stereocenters. The van der Waals surface area contributed by atoms with Gasteiger partial charge in [0.25, 0.3) is 0 Å². The molecule has 0 spiro atoms. The van der Waals surface area contributed by atoms with Gasteiger partial charge in [0.1, 0.15) is 0 Å².